The fraction of sp³-hybridized carbons (Fsp3) is 0.0800. The maximum atomic E-state index is 12.5. The molecule has 186 valence electrons. The van der Waals surface area contributed by atoms with Crippen LogP contribution in [0.5, 0.6) is 0 Å². The number of nitrogens with one attached hydrogen (secondary N) is 4. The molecule has 0 radical (unpaired) electrons. The van der Waals surface area contributed by atoms with Crippen LogP contribution in [0.3, 0.4) is 0 Å². The smallest absolute Gasteiger partial charge is 0.322 e. The third-order valence-corrected chi connectivity index (χ3v) is 6.01. The second-order valence-electron chi connectivity index (χ2n) is 7.74. The number of hydrogen-bond donors (Lipinski definition) is 6. The van der Waals surface area contributed by atoms with Crippen LogP contribution in [-0.2, 0) is 21.2 Å². The molecule has 0 heterocycles. The Hall–Kier alpha value is -4.48. The lowest BCUT2D eigenvalue weighted by Gasteiger charge is -2.14. The number of carbonyl (C=O) groups is 2. The molecule has 3 aromatic carbocycles. The molecule has 0 aliphatic carbocycles. The van der Waals surface area contributed by atoms with E-state index in [-0.39, 0.29) is 12.4 Å². The minimum atomic E-state index is -4.00. The first kappa shape index (κ1) is 26.1. The molecule has 0 aliphatic rings. The van der Waals surface area contributed by atoms with E-state index in [2.05, 4.69) is 15.4 Å². The van der Waals surface area contributed by atoms with Gasteiger partial charge in [0.25, 0.3) is 5.91 Å². The molecule has 11 heteroatoms. The standard InChI is InChI=1S/C25H25N5O5S/c26-25(27)29-21-8-4-7-19(16-21)23(31)28-20-11-9-18(10-12-20)15-22(24(32)33)30-36(34,35)14-13-17-5-2-1-3-6-17/h1-14,16,22,30H,15H2,(H,28,31)(H,32,33)(H4,26,27,29)/b14-13+. The first-order valence-corrected chi connectivity index (χ1v) is 12.3. The molecule has 3 aromatic rings. The highest BCUT2D eigenvalue weighted by atomic mass is 32.2. The van der Waals surface area contributed by atoms with Crippen LogP contribution in [0.2, 0.25) is 0 Å². The third-order valence-electron chi connectivity index (χ3n) is 4.90. The summed E-state index contributed by atoms with van der Waals surface area (Å²) in [5.74, 6) is -1.96. The molecule has 0 saturated heterocycles. The van der Waals surface area contributed by atoms with E-state index in [1.54, 1.807) is 78.9 Å². The fourth-order valence-electron chi connectivity index (χ4n) is 3.21. The molecule has 1 unspecified atom stereocenters. The Morgan fingerprint density at radius 3 is 2.28 bits per heavy atom. The lowest BCUT2D eigenvalue weighted by atomic mass is 10.1. The number of guanidine groups is 1. The normalized spacial score (nSPS) is 12.1. The molecule has 1 amide bonds. The number of aliphatic carboxylic acids is 1. The Morgan fingerprint density at radius 2 is 1.64 bits per heavy atom. The molecule has 0 aromatic heterocycles. The number of anilines is 2. The van der Waals surface area contributed by atoms with Gasteiger partial charge in [-0.25, -0.2) is 8.42 Å². The zero-order valence-electron chi connectivity index (χ0n) is 19.0. The number of carbonyl (C=O) groups excluding carboxylic acids is 1. The molecule has 36 heavy (non-hydrogen) atoms. The highest BCUT2D eigenvalue weighted by molar-refractivity contribution is 7.92. The Labute approximate surface area is 208 Å². The SMILES string of the molecule is N=C(N)Nc1cccc(C(=O)Nc2ccc(CC(NS(=O)(=O)/C=C/c3ccccc3)C(=O)O)cc2)c1. The van der Waals surface area contributed by atoms with Gasteiger partial charge in [-0.1, -0.05) is 48.5 Å². The van der Waals surface area contributed by atoms with Gasteiger partial charge in [-0.2, -0.15) is 4.72 Å². The van der Waals surface area contributed by atoms with Crippen molar-refractivity contribution in [2.75, 3.05) is 10.6 Å². The van der Waals surface area contributed by atoms with Gasteiger partial charge in [-0.05, 0) is 54.0 Å². The molecule has 0 saturated carbocycles. The van der Waals surface area contributed by atoms with Crippen molar-refractivity contribution in [3.63, 3.8) is 0 Å². The molecule has 0 fully saturated rings. The van der Waals surface area contributed by atoms with Crippen molar-refractivity contribution in [2.24, 2.45) is 5.73 Å². The van der Waals surface area contributed by atoms with Gasteiger partial charge in [-0.3, -0.25) is 15.0 Å². The largest absolute Gasteiger partial charge is 0.480 e. The molecule has 0 spiro atoms. The number of carboxylic acid groups (broad SMARTS) is 1. The van der Waals surface area contributed by atoms with Crippen molar-refractivity contribution in [1.82, 2.24) is 4.72 Å². The maximum absolute atomic E-state index is 12.5. The average Bonchev–Trinajstić information content (AvgIpc) is 2.84. The van der Waals surface area contributed by atoms with Crippen molar-refractivity contribution in [3.05, 3.63) is 101 Å². The van der Waals surface area contributed by atoms with Crippen LogP contribution in [0.15, 0.2) is 84.3 Å². The molecule has 3 rings (SSSR count). The van der Waals surface area contributed by atoms with Crippen molar-refractivity contribution >= 4 is 45.3 Å². The summed E-state index contributed by atoms with van der Waals surface area (Å²) < 4.78 is 26.9. The van der Waals surface area contributed by atoms with Gasteiger partial charge in [0.1, 0.15) is 6.04 Å². The molecular formula is C25H25N5O5S. The van der Waals surface area contributed by atoms with Crippen LogP contribution < -0.4 is 21.1 Å². The van der Waals surface area contributed by atoms with Crippen molar-refractivity contribution in [2.45, 2.75) is 12.5 Å². The first-order chi connectivity index (χ1) is 17.1. The van der Waals surface area contributed by atoms with E-state index in [0.717, 1.165) is 5.41 Å². The predicted octanol–water partition coefficient (Wildman–Crippen LogP) is 2.83. The summed E-state index contributed by atoms with van der Waals surface area (Å²) in [7, 11) is -4.00. The first-order valence-electron chi connectivity index (χ1n) is 10.7. The molecule has 1 atom stereocenters. The number of amides is 1. The van der Waals surface area contributed by atoms with Crippen molar-refractivity contribution in [1.29, 1.82) is 5.41 Å². The van der Waals surface area contributed by atoms with Gasteiger partial charge in [-0.15, -0.1) is 0 Å². The van der Waals surface area contributed by atoms with Crippen molar-refractivity contribution < 1.29 is 23.1 Å². The van der Waals surface area contributed by atoms with E-state index in [0.29, 0.717) is 28.1 Å². The summed E-state index contributed by atoms with van der Waals surface area (Å²) in [6, 6.07) is 20.2. The second kappa shape index (κ2) is 11.8. The van der Waals surface area contributed by atoms with Gasteiger partial charge in [0.05, 0.1) is 0 Å². The van der Waals surface area contributed by atoms with Crippen molar-refractivity contribution in [3.8, 4) is 0 Å². The molecule has 0 bridgehead atoms. The van der Waals surface area contributed by atoms with Gasteiger partial charge in [0.2, 0.25) is 10.0 Å². The van der Waals surface area contributed by atoms with E-state index in [9.17, 15) is 23.1 Å². The molecule has 0 aliphatic heterocycles. The van der Waals surface area contributed by atoms with E-state index < -0.39 is 27.9 Å². The average molecular weight is 508 g/mol. The minimum Gasteiger partial charge on any atom is -0.480 e. The summed E-state index contributed by atoms with van der Waals surface area (Å²) >= 11 is 0. The van der Waals surface area contributed by atoms with Crippen LogP contribution in [0.25, 0.3) is 6.08 Å². The van der Waals surface area contributed by atoms with Crippen LogP contribution in [0.4, 0.5) is 11.4 Å². The number of rotatable bonds is 10. The Kier molecular flexibility index (Phi) is 8.55. The third kappa shape index (κ3) is 8.08. The van der Waals surface area contributed by atoms with E-state index >= 15 is 0 Å². The minimum absolute atomic E-state index is 0.0965. The Bertz CT molecular complexity index is 1370. The highest BCUT2D eigenvalue weighted by Crippen LogP contribution is 2.16. The predicted molar refractivity (Wildman–Crippen MR) is 139 cm³/mol. The molecule has 7 N–H and O–H groups in total. The number of sulfonamides is 1. The topological polar surface area (TPSA) is 174 Å². The number of hydrogen-bond acceptors (Lipinski definition) is 5. The van der Waals surface area contributed by atoms with Crippen LogP contribution in [0, 0.1) is 5.41 Å². The molecular weight excluding hydrogens is 482 g/mol. The number of carboxylic acids is 1. The summed E-state index contributed by atoms with van der Waals surface area (Å²) in [4.78, 5) is 24.2. The Balaban J connectivity index is 1.63. The van der Waals surface area contributed by atoms with Gasteiger partial charge in [0.15, 0.2) is 5.96 Å². The van der Waals surface area contributed by atoms with E-state index in [1.165, 1.54) is 6.08 Å². The summed E-state index contributed by atoms with van der Waals surface area (Å²) in [5, 5.41) is 23.1. The second-order valence-corrected chi connectivity index (χ2v) is 9.34. The highest BCUT2D eigenvalue weighted by Gasteiger charge is 2.23. The monoisotopic (exact) mass is 507 g/mol. The number of nitrogens with two attached hydrogens (primary N) is 1. The fourth-order valence-corrected chi connectivity index (χ4v) is 4.20. The van der Waals surface area contributed by atoms with Gasteiger partial charge < -0.3 is 21.5 Å². The quantitative estimate of drug-likeness (QED) is 0.181. The van der Waals surface area contributed by atoms with Gasteiger partial charge in [0, 0.05) is 22.3 Å². The lowest BCUT2D eigenvalue weighted by Crippen LogP contribution is -2.41. The zero-order valence-corrected chi connectivity index (χ0v) is 19.8. The van der Waals surface area contributed by atoms with Crippen LogP contribution in [-0.4, -0.2) is 37.4 Å². The van der Waals surface area contributed by atoms with Crippen LogP contribution in [0.1, 0.15) is 21.5 Å². The lowest BCUT2D eigenvalue weighted by molar-refractivity contribution is -0.138. The zero-order chi connectivity index (χ0) is 26.1. The Morgan fingerprint density at radius 1 is 0.944 bits per heavy atom. The summed E-state index contributed by atoms with van der Waals surface area (Å²) in [6.45, 7) is 0. The number of benzene rings is 3. The van der Waals surface area contributed by atoms with E-state index in [4.69, 9.17) is 11.1 Å². The van der Waals surface area contributed by atoms with Crippen LogP contribution >= 0.6 is 0 Å². The van der Waals surface area contributed by atoms with Gasteiger partial charge >= 0.3 is 5.97 Å². The maximum Gasteiger partial charge on any atom is 0.322 e. The summed E-state index contributed by atoms with van der Waals surface area (Å²) in [6.07, 6.45) is 1.28. The van der Waals surface area contributed by atoms with E-state index in [1.807, 2.05) is 0 Å². The molecule has 10 nitrogen and oxygen atoms in total. The summed E-state index contributed by atoms with van der Waals surface area (Å²) in [5.41, 5.74) is 7.83.